The van der Waals surface area contributed by atoms with Gasteiger partial charge in [-0.05, 0) is 37.5 Å². The molecule has 7 nitrogen and oxygen atoms in total. The smallest absolute Gasteiger partial charge is 0.182 e. The summed E-state index contributed by atoms with van der Waals surface area (Å²) in [5, 5.41) is 3.41. The number of aromatic nitrogens is 4. The maximum absolute atomic E-state index is 5.89. The molecule has 3 aromatic rings. The molecule has 3 rings (SSSR count). The van der Waals surface area contributed by atoms with E-state index in [4.69, 9.17) is 9.47 Å². The van der Waals surface area contributed by atoms with Gasteiger partial charge in [0.05, 0.1) is 25.6 Å². The zero-order chi connectivity index (χ0) is 18.4. The number of anilines is 1. The van der Waals surface area contributed by atoms with Crippen molar-refractivity contribution in [2.24, 2.45) is 0 Å². The molecule has 2 N–H and O–H groups in total. The summed E-state index contributed by atoms with van der Waals surface area (Å²) in [5.74, 6) is 2.29. The van der Waals surface area contributed by atoms with Crippen LogP contribution >= 0.6 is 0 Å². The highest BCUT2D eigenvalue weighted by molar-refractivity contribution is 5.82. The Bertz CT molecular complexity index is 849. The Hall–Kier alpha value is -2.83. The van der Waals surface area contributed by atoms with Crippen LogP contribution in [0.1, 0.15) is 45.2 Å². The van der Waals surface area contributed by atoms with E-state index >= 15 is 0 Å². The first kappa shape index (κ1) is 18.0. The highest BCUT2D eigenvalue weighted by Gasteiger charge is 2.14. The van der Waals surface area contributed by atoms with Crippen molar-refractivity contribution >= 4 is 17.0 Å². The molecule has 2 heterocycles. The van der Waals surface area contributed by atoms with Gasteiger partial charge in [-0.3, -0.25) is 0 Å². The number of hydrogen-bond donors (Lipinski definition) is 2. The van der Waals surface area contributed by atoms with Crippen molar-refractivity contribution in [3.8, 4) is 11.5 Å². The third kappa shape index (κ3) is 4.04. The summed E-state index contributed by atoms with van der Waals surface area (Å²) >= 11 is 0. The van der Waals surface area contributed by atoms with Crippen molar-refractivity contribution < 1.29 is 9.47 Å². The molecule has 0 saturated carbocycles. The van der Waals surface area contributed by atoms with E-state index in [2.05, 4.69) is 46.0 Å². The monoisotopic (exact) mass is 355 g/mol. The summed E-state index contributed by atoms with van der Waals surface area (Å²) in [7, 11) is 0. The fourth-order valence-electron chi connectivity index (χ4n) is 2.61. The molecule has 0 spiro atoms. The van der Waals surface area contributed by atoms with Crippen LogP contribution in [0.15, 0.2) is 30.9 Å². The Morgan fingerprint density at radius 2 is 1.81 bits per heavy atom. The summed E-state index contributed by atoms with van der Waals surface area (Å²) in [6, 6.07) is 6.08. The van der Waals surface area contributed by atoms with E-state index in [-0.39, 0.29) is 6.04 Å². The van der Waals surface area contributed by atoms with Gasteiger partial charge in [-0.15, -0.1) is 0 Å². The Morgan fingerprint density at radius 1 is 1.04 bits per heavy atom. The Morgan fingerprint density at radius 3 is 2.58 bits per heavy atom. The van der Waals surface area contributed by atoms with E-state index in [0.717, 1.165) is 41.2 Å². The first-order chi connectivity index (χ1) is 12.7. The molecule has 138 valence electrons. The molecule has 0 aliphatic rings. The van der Waals surface area contributed by atoms with Gasteiger partial charge in [0.15, 0.2) is 23.0 Å². The van der Waals surface area contributed by atoms with Gasteiger partial charge < -0.3 is 19.8 Å². The van der Waals surface area contributed by atoms with Crippen LogP contribution in [0.4, 0.5) is 5.82 Å². The molecule has 2 aromatic heterocycles. The number of hydrogen-bond acceptors (Lipinski definition) is 6. The minimum Gasteiger partial charge on any atom is -0.490 e. The second kappa shape index (κ2) is 8.51. The zero-order valence-electron chi connectivity index (χ0n) is 15.5. The number of aromatic amines is 1. The molecular formula is C19H25N5O2. The van der Waals surface area contributed by atoms with Gasteiger partial charge in [-0.25, -0.2) is 15.0 Å². The van der Waals surface area contributed by atoms with Crippen molar-refractivity contribution in [3.05, 3.63) is 36.4 Å². The predicted octanol–water partition coefficient (Wildman–Crippen LogP) is 4.10. The molecule has 26 heavy (non-hydrogen) atoms. The van der Waals surface area contributed by atoms with E-state index in [1.54, 1.807) is 6.33 Å². The maximum Gasteiger partial charge on any atom is 0.182 e. The summed E-state index contributed by atoms with van der Waals surface area (Å²) in [6.07, 6.45) is 5.03. The molecule has 0 amide bonds. The van der Waals surface area contributed by atoms with Crippen molar-refractivity contribution in [1.82, 2.24) is 19.9 Å². The Kier molecular flexibility index (Phi) is 5.88. The maximum atomic E-state index is 5.89. The summed E-state index contributed by atoms with van der Waals surface area (Å²) in [6.45, 7) is 7.59. The summed E-state index contributed by atoms with van der Waals surface area (Å²) in [5.41, 5.74) is 2.53. The SMILES string of the molecule is CCCOc1ccc([C@H](C)Nc2ncnc3nc[nH]c23)cc1OCCC. The largest absolute Gasteiger partial charge is 0.490 e. The van der Waals surface area contributed by atoms with Crippen molar-refractivity contribution in [1.29, 1.82) is 0 Å². The average molecular weight is 355 g/mol. The Balaban J connectivity index is 1.81. The van der Waals surface area contributed by atoms with Crippen LogP contribution in [0.2, 0.25) is 0 Å². The van der Waals surface area contributed by atoms with Crippen LogP contribution in [-0.2, 0) is 0 Å². The van der Waals surface area contributed by atoms with Crippen molar-refractivity contribution in [2.45, 2.75) is 39.7 Å². The molecule has 1 atom stereocenters. The molecule has 0 unspecified atom stereocenters. The summed E-state index contributed by atoms with van der Waals surface area (Å²) in [4.78, 5) is 15.7. The Labute approximate surface area is 153 Å². The van der Waals surface area contributed by atoms with E-state index in [1.165, 1.54) is 6.33 Å². The molecule has 0 radical (unpaired) electrons. The van der Waals surface area contributed by atoms with Crippen molar-refractivity contribution in [3.63, 3.8) is 0 Å². The number of nitrogens with one attached hydrogen (secondary N) is 2. The predicted molar refractivity (Wildman–Crippen MR) is 102 cm³/mol. The summed E-state index contributed by atoms with van der Waals surface area (Å²) < 4.78 is 11.7. The van der Waals surface area contributed by atoms with Gasteiger partial charge in [0.1, 0.15) is 11.8 Å². The van der Waals surface area contributed by atoms with Crippen molar-refractivity contribution in [2.75, 3.05) is 18.5 Å². The molecular weight excluding hydrogens is 330 g/mol. The first-order valence-corrected chi connectivity index (χ1v) is 9.03. The fraction of sp³-hybridized carbons (Fsp3) is 0.421. The zero-order valence-corrected chi connectivity index (χ0v) is 15.5. The number of imidazole rings is 1. The number of H-pyrrole nitrogens is 1. The molecule has 0 bridgehead atoms. The van der Waals surface area contributed by atoms with Gasteiger partial charge in [0.25, 0.3) is 0 Å². The normalized spacial score (nSPS) is 12.1. The number of fused-ring (bicyclic) bond motifs is 1. The van der Waals surface area contributed by atoms with E-state index < -0.39 is 0 Å². The third-order valence-corrected chi connectivity index (χ3v) is 3.97. The number of ether oxygens (including phenoxy) is 2. The van der Waals surface area contributed by atoms with Gasteiger partial charge in [0.2, 0.25) is 0 Å². The van der Waals surface area contributed by atoms with Gasteiger partial charge in [-0.2, -0.15) is 0 Å². The average Bonchev–Trinajstić information content (AvgIpc) is 3.14. The lowest BCUT2D eigenvalue weighted by molar-refractivity contribution is 0.268. The molecule has 0 saturated heterocycles. The van der Waals surface area contributed by atoms with Crippen LogP contribution < -0.4 is 14.8 Å². The highest BCUT2D eigenvalue weighted by Crippen LogP contribution is 2.32. The van der Waals surface area contributed by atoms with Crippen LogP contribution in [0.3, 0.4) is 0 Å². The molecule has 0 aliphatic carbocycles. The number of nitrogens with zero attached hydrogens (tertiary/aromatic N) is 3. The van der Waals surface area contributed by atoms with E-state index in [9.17, 15) is 0 Å². The second-order valence-corrected chi connectivity index (χ2v) is 6.09. The van der Waals surface area contributed by atoms with Crippen LogP contribution in [-0.4, -0.2) is 33.1 Å². The lowest BCUT2D eigenvalue weighted by Gasteiger charge is -2.18. The second-order valence-electron chi connectivity index (χ2n) is 6.09. The quantitative estimate of drug-likeness (QED) is 0.601. The first-order valence-electron chi connectivity index (χ1n) is 9.03. The fourth-order valence-corrected chi connectivity index (χ4v) is 2.61. The minimum atomic E-state index is 0.0283. The molecule has 0 aliphatic heterocycles. The minimum absolute atomic E-state index is 0.0283. The molecule has 0 fully saturated rings. The van der Waals surface area contributed by atoms with Gasteiger partial charge in [-0.1, -0.05) is 19.9 Å². The van der Waals surface area contributed by atoms with Crippen LogP contribution in [0, 0.1) is 0 Å². The van der Waals surface area contributed by atoms with Gasteiger partial charge >= 0.3 is 0 Å². The highest BCUT2D eigenvalue weighted by atomic mass is 16.5. The van der Waals surface area contributed by atoms with E-state index in [0.29, 0.717) is 18.9 Å². The van der Waals surface area contributed by atoms with Crippen LogP contribution in [0.25, 0.3) is 11.2 Å². The topological polar surface area (TPSA) is 85.0 Å². The molecule has 7 heteroatoms. The van der Waals surface area contributed by atoms with E-state index in [1.807, 2.05) is 18.2 Å². The molecule has 1 aromatic carbocycles. The standard InChI is InChI=1S/C19H25N5O2/c1-4-8-25-15-7-6-14(10-16(15)26-9-5-2)13(3)24-19-17-18(21-11-20-17)22-12-23-19/h6-7,10-13H,4-5,8-9H2,1-3H3,(H2,20,21,22,23,24)/t13-/m0/s1. The third-order valence-electron chi connectivity index (χ3n) is 3.97. The van der Waals surface area contributed by atoms with Gasteiger partial charge in [0, 0.05) is 0 Å². The lowest BCUT2D eigenvalue weighted by Crippen LogP contribution is -2.10. The van der Waals surface area contributed by atoms with Crippen LogP contribution in [0.5, 0.6) is 11.5 Å². The lowest BCUT2D eigenvalue weighted by atomic mass is 10.1. The number of rotatable bonds is 9. The number of benzene rings is 1.